The van der Waals surface area contributed by atoms with Gasteiger partial charge in [0.15, 0.2) is 9.84 Å². The van der Waals surface area contributed by atoms with Crippen LogP contribution in [0.15, 0.2) is 52.3 Å². The Bertz CT molecular complexity index is 1020. The number of benzene rings is 2. The van der Waals surface area contributed by atoms with E-state index in [1.165, 1.54) is 30.8 Å². The van der Waals surface area contributed by atoms with Gasteiger partial charge < -0.3 is 10.6 Å². The zero-order valence-electron chi connectivity index (χ0n) is 15.1. The number of sulfone groups is 1. The Hall–Kier alpha value is -2.03. The molecule has 2 N–H and O–H groups in total. The monoisotopic (exact) mass is 438 g/mol. The molecule has 3 rings (SSSR count). The van der Waals surface area contributed by atoms with E-state index >= 15 is 0 Å². The molecule has 28 heavy (non-hydrogen) atoms. The van der Waals surface area contributed by atoms with E-state index in [1.807, 2.05) is 0 Å². The molecule has 0 saturated heterocycles. The molecule has 2 aromatic rings. The largest absolute Gasteiger partial charge is 0.326 e. The summed E-state index contributed by atoms with van der Waals surface area (Å²) in [5, 5.41) is 4.93. The zero-order chi connectivity index (χ0) is 20.3. The molecule has 0 bridgehead atoms. The van der Waals surface area contributed by atoms with Crippen LogP contribution in [0.1, 0.15) is 19.8 Å². The lowest BCUT2D eigenvalue weighted by Crippen LogP contribution is -2.25. The fourth-order valence-corrected chi connectivity index (χ4v) is 5.26. The average molecular weight is 439 g/mol. The van der Waals surface area contributed by atoms with Gasteiger partial charge in [-0.25, -0.2) is 8.42 Å². The molecule has 148 valence electrons. The van der Waals surface area contributed by atoms with Gasteiger partial charge in [-0.2, -0.15) is 0 Å². The Kier molecular flexibility index (Phi) is 6.32. The van der Waals surface area contributed by atoms with Gasteiger partial charge in [0.2, 0.25) is 11.8 Å². The normalized spacial score (nSPS) is 15.1. The number of thioether (sulfide) groups is 1. The number of hydrogen-bond acceptors (Lipinski definition) is 5. The van der Waals surface area contributed by atoms with Crippen molar-refractivity contribution in [1.82, 2.24) is 0 Å². The van der Waals surface area contributed by atoms with Crippen LogP contribution in [-0.4, -0.2) is 31.2 Å². The average Bonchev–Trinajstić information content (AvgIpc) is 2.81. The summed E-state index contributed by atoms with van der Waals surface area (Å²) >= 11 is 7.39. The van der Waals surface area contributed by atoms with Crippen LogP contribution in [0.5, 0.6) is 0 Å². The first-order chi connectivity index (χ1) is 13.3. The van der Waals surface area contributed by atoms with Gasteiger partial charge in [-0.1, -0.05) is 17.7 Å². The minimum Gasteiger partial charge on any atom is -0.326 e. The number of hydrogen-bond donors (Lipinski definition) is 2. The van der Waals surface area contributed by atoms with Crippen molar-refractivity contribution >= 4 is 56.4 Å². The molecule has 0 fully saturated rings. The van der Waals surface area contributed by atoms with Crippen LogP contribution >= 0.6 is 23.4 Å². The van der Waals surface area contributed by atoms with Gasteiger partial charge in [0, 0.05) is 34.2 Å². The number of fused-ring (bicyclic) bond motifs is 1. The number of rotatable bonds is 5. The van der Waals surface area contributed by atoms with Crippen molar-refractivity contribution < 1.29 is 18.0 Å². The molecule has 1 aliphatic rings. The second-order valence-electron chi connectivity index (χ2n) is 6.42. The summed E-state index contributed by atoms with van der Waals surface area (Å²) < 4.78 is 25.8. The third-order valence-electron chi connectivity index (χ3n) is 4.25. The molecule has 1 heterocycles. The maximum Gasteiger partial charge on any atom is 0.225 e. The van der Waals surface area contributed by atoms with E-state index in [4.69, 9.17) is 11.6 Å². The quantitative estimate of drug-likeness (QED) is 0.736. The van der Waals surface area contributed by atoms with Crippen LogP contribution in [-0.2, 0) is 19.4 Å². The van der Waals surface area contributed by atoms with Gasteiger partial charge in [0.25, 0.3) is 0 Å². The van der Waals surface area contributed by atoms with Crippen LogP contribution in [0, 0.1) is 0 Å². The Morgan fingerprint density at radius 2 is 2.07 bits per heavy atom. The highest BCUT2D eigenvalue weighted by Crippen LogP contribution is 2.33. The third kappa shape index (κ3) is 4.87. The van der Waals surface area contributed by atoms with Crippen molar-refractivity contribution in [2.24, 2.45) is 0 Å². The van der Waals surface area contributed by atoms with Crippen molar-refractivity contribution in [3.8, 4) is 0 Å². The van der Waals surface area contributed by atoms with E-state index in [0.29, 0.717) is 28.6 Å². The van der Waals surface area contributed by atoms with E-state index in [0.717, 1.165) is 4.90 Å². The molecule has 0 saturated carbocycles. The zero-order valence-corrected chi connectivity index (χ0v) is 17.5. The van der Waals surface area contributed by atoms with Gasteiger partial charge in [-0.15, -0.1) is 11.8 Å². The molecular weight excluding hydrogens is 420 g/mol. The fraction of sp³-hybridized carbons (Fsp3) is 0.263. The first kappa shape index (κ1) is 20.7. The van der Waals surface area contributed by atoms with Gasteiger partial charge in [-0.3, -0.25) is 9.59 Å². The highest BCUT2D eigenvalue weighted by atomic mass is 35.5. The molecule has 1 aliphatic heterocycles. The summed E-state index contributed by atoms with van der Waals surface area (Å²) in [6.07, 6.45) is 0.175. The molecule has 1 atom stereocenters. The molecule has 0 aromatic heterocycles. The predicted molar refractivity (Wildman–Crippen MR) is 112 cm³/mol. The number of halogens is 1. The van der Waals surface area contributed by atoms with Gasteiger partial charge in [-0.05, 0) is 43.3 Å². The van der Waals surface area contributed by atoms with Crippen molar-refractivity contribution in [3.63, 3.8) is 0 Å². The van der Waals surface area contributed by atoms with Crippen molar-refractivity contribution in [3.05, 3.63) is 47.5 Å². The lowest BCUT2D eigenvalue weighted by Gasteiger charge is -2.15. The van der Waals surface area contributed by atoms with E-state index in [1.54, 1.807) is 30.3 Å². The first-order valence-electron chi connectivity index (χ1n) is 8.62. The molecule has 0 spiro atoms. The second-order valence-corrected chi connectivity index (χ2v) is 10.4. The van der Waals surface area contributed by atoms with Gasteiger partial charge in [0.1, 0.15) is 0 Å². The maximum atomic E-state index is 12.9. The topological polar surface area (TPSA) is 92.3 Å². The predicted octanol–water partition coefficient (Wildman–Crippen LogP) is 3.97. The minimum absolute atomic E-state index is 0.0807. The van der Waals surface area contributed by atoms with Crippen molar-refractivity contribution in [1.29, 1.82) is 0 Å². The summed E-state index contributed by atoms with van der Waals surface area (Å²) in [6, 6.07) is 11.3. The van der Waals surface area contributed by atoms with Gasteiger partial charge >= 0.3 is 0 Å². The van der Waals surface area contributed by atoms with E-state index in [-0.39, 0.29) is 17.2 Å². The Labute approximate surface area is 173 Å². The first-order valence-corrected chi connectivity index (χ1v) is 11.5. The van der Waals surface area contributed by atoms with E-state index < -0.39 is 21.0 Å². The van der Waals surface area contributed by atoms with Crippen LogP contribution in [0.25, 0.3) is 0 Å². The number of anilines is 2. The van der Waals surface area contributed by atoms with Crippen molar-refractivity contribution in [2.75, 3.05) is 16.4 Å². The highest BCUT2D eigenvalue weighted by Gasteiger charge is 2.27. The molecule has 0 radical (unpaired) electrons. The third-order valence-corrected chi connectivity index (χ3v) is 7.70. The number of nitrogens with one attached hydrogen (secondary N) is 2. The lowest BCUT2D eigenvalue weighted by molar-refractivity contribution is -0.116. The molecule has 2 aromatic carbocycles. The smallest absolute Gasteiger partial charge is 0.225 e. The lowest BCUT2D eigenvalue weighted by atomic mass is 10.3. The Morgan fingerprint density at radius 1 is 1.29 bits per heavy atom. The maximum absolute atomic E-state index is 12.9. The van der Waals surface area contributed by atoms with Crippen LogP contribution in [0.4, 0.5) is 11.4 Å². The summed E-state index contributed by atoms with van der Waals surface area (Å²) in [6.45, 7) is 1.49. The standard InChI is InChI=1S/C19H19ClN2O4S2/c1-12(9-19(24)21-14-4-2-3-13(20)10-14)28(25,26)15-5-6-17-16(11-15)22-18(23)7-8-27-17/h2-6,10-12H,7-9H2,1H3,(H,21,24)(H,22,23)/t12-/m0/s1. The van der Waals surface area contributed by atoms with E-state index in [9.17, 15) is 18.0 Å². The summed E-state index contributed by atoms with van der Waals surface area (Å²) in [4.78, 5) is 24.9. The van der Waals surface area contributed by atoms with Crippen LogP contribution in [0.3, 0.4) is 0 Å². The number of carbonyl (C=O) groups is 2. The Morgan fingerprint density at radius 3 is 2.82 bits per heavy atom. The molecular formula is C19H19ClN2O4S2. The Balaban J connectivity index is 1.74. The number of carbonyl (C=O) groups excluding carboxylic acids is 2. The summed E-state index contributed by atoms with van der Waals surface area (Å²) in [7, 11) is -3.74. The number of amides is 2. The minimum atomic E-state index is -3.74. The second kappa shape index (κ2) is 8.55. The molecule has 2 amide bonds. The SMILES string of the molecule is C[C@@H](CC(=O)Nc1cccc(Cl)c1)S(=O)(=O)c1ccc2c(c1)NC(=O)CCS2. The van der Waals surface area contributed by atoms with Crippen LogP contribution in [0.2, 0.25) is 5.02 Å². The molecule has 6 nitrogen and oxygen atoms in total. The molecule has 0 aliphatic carbocycles. The van der Waals surface area contributed by atoms with Crippen LogP contribution < -0.4 is 10.6 Å². The fourth-order valence-electron chi connectivity index (χ4n) is 2.76. The summed E-state index contributed by atoms with van der Waals surface area (Å²) in [5.74, 6) is 0.0806. The van der Waals surface area contributed by atoms with Crippen molar-refractivity contribution in [2.45, 2.75) is 34.8 Å². The molecule has 0 unspecified atom stereocenters. The molecule has 9 heteroatoms. The highest BCUT2D eigenvalue weighted by molar-refractivity contribution is 7.99. The summed E-state index contributed by atoms with van der Waals surface area (Å²) in [5.41, 5.74) is 0.996. The van der Waals surface area contributed by atoms with Gasteiger partial charge in [0.05, 0.1) is 15.8 Å². The van der Waals surface area contributed by atoms with E-state index in [2.05, 4.69) is 10.6 Å².